The standard InChI is InChI=1S/C15H22F2N2O2S/c1-15(2,3)22-12-6-4-11(5-7-12)18-14(21)19(8-9-20)10-13(16)17/h4-7,13,20H,8-10H2,1-3H3,(H,18,21). The van der Waals surface area contributed by atoms with Gasteiger partial charge in [0.05, 0.1) is 13.2 Å². The number of aliphatic hydroxyl groups is 1. The molecule has 1 aromatic carbocycles. The van der Waals surface area contributed by atoms with Crippen LogP contribution in [0.5, 0.6) is 0 Å². The number of halogens is 2. The van der Waals surface area contributed by atoms with Gasteiger partial charge in [0, 0.05) is 21.9 Å². The molecule has 0 saturated carbocycles. The molecule has 0 bridgehead atoms. The lowest BCUT2D eigenvalue weighted by molar-refractivity contribution is 0.0943. The summed E-state index contributed by atoms with van der Waals surface area (Å²) in [4.78, 5) is 13.9. The van der Waals surface area contributed by atoms with Crippen molar-refractivity contribution in [3.63, 3.8) is 0 Å². The minimum Gasteiger partial charge on any atom is -0.395 e. The third-order valence-electron chi connectivity index (χ3n) is 2.55. The van der Waals surface area contributed by atoms with Crippen LogP contribution in [-0.4, -0.2) is 46.9 Å². The van der Waals surface area contributed by atoms with Gasteiger partial charge in [-0.2, -0.15) is 0 Å². The van der Waals surface area contributed by atoms with Crippen molar-refractivity contribution in [3.05, 3.63) is 24.3 Å². The second-order valence-electron chi connectivity index (χ2n) is 5.73. The molecule has 0 atom stereocenters. The predicted octanol–water partition coefficient (Wildman–Crippen LogP) is 3.67. The summed E-state index contributed by atoms with van der Waals surface area (Å²) in [6.45, 7) is 5.11. The highest BCUT2D eigenvalue weighted by Gasteiger charge is 2.18. The van der Waals surface area contributed by atoms with Gasteiger partial charge in [-0.1, -0.05) is 20.8 Å². The Morgan fingerprint density at radius 2 is 1.91 bits per heavy atom. The summed E-state index contributed by atoms with van der Waals surface area (Å²) in [7, 11) is 0. The number of amides is 2. The monoisotopic (exact) mass is 332 g/mol. The molecular formula is C15H22F2N2O2S. The molecule has 22 heavy (non-hydrogen) atoms. The van der Waals surface area contributed by atoms with Crippen molar-refractivity contribution in [1.29, 1.82) is 0 Å². The number of carbonyl (C=O) groups excluding carboxylic acids is 1. The molecule has 7 heteroatoms. The van der Waals surface area contributed by atoms with E-state index in [0.717, 1.165) is 9.80 Å². The fourth-order valence-electron chi connectivity index (χ4n) is 1.73. The molecule has 2 N–H and O–H groups in total. The Balaban J connectivity index is 2.66. The van der Waals surface area contributed by atoms with E-state index in [1.54, 1.807) is 23.9 Å². The number of urea groups is 1. The lowest BCUT2D eigenvalue weighted by atomic mass is 10.3. The van der Waals surface area contributed by atoms with E-state index in [1.807, 2.05) is 12.1 Å². The van der Waals surface area contributed by atoms with Crippen LogP contribution in [0.3, 0.4) is 0 Å². The Bertz CT molecular complexity index is 475. The van der Waals surface area contributed by atoms with Gasteiger partial charge in [-0.15, -0.1) is 11.8 Å². The third-order valence-corrected chi connectivity index (χ3v) is 3.67. The lowest BCUT2D eigenvalue weighted by Gasteiger charge is -2.22. The largest absolute Gasteiger partial charge is 0.395 e. The highest BCUT2D eigenvalue weighted by Crippen LogP contribution is 2.32. The zero-order valence-corrected chi connectivity index (χ0v) is 13.8. The van der Waals surface area contributed by atoms with E-state index in [0.29, 0.717) is 5.69 Å². The van der Waals surface area contributed by atoms with Crippen molar-refractivity contribution in [2.75, 3.05) is 25.0 Å². The summed E-state index contributed by atoms with van der Waals surface area (Å²) in [6.07, 6.45) is -2.64. The number of rotatable bonds is 6. The van der Waals surface area contributed by atoms with Crippen molar-refractivity contribution in [2.24, 2.45) is 0 Å². The number of hydrogen-bond acceptors (Lipinski definition) is 3. The maximum Gasteiger partial charge on any atom is 0.322 e. The molecule has 1 aromatic rings. The van der Waals surface area contributed by atoms with Gasteiger partial charge in [-0.25, -0.2) is 13.6 Å². The molecule has 0 saturated heterocycles. The predicted molar refractivity (Wildman–Crippen MR) is 85.7 cm³/mol. The second kappa shape index (κ2) is 8.33. The minimum atomic E-state index is -2.64. The third kappa shape index (κ3) is 7.09. The molecule has 2 amide bonds. The van der Waals surface area contributed by atoms with E-state index in [9.17, 15) is 13.6 Å². The number of nitrogens with one attached hydrogen (secondary N) is 1. The maximum atomic E-state index is 12.4. The van der Waals surface area contributed by atoms with Crippen LogP contribution in [0.15, 0.2) is 29.2 Å². The van der Waals surface area contributed by atoms with E-state index in [1.165, 1.54) is 0 Å². The van der Waals surface area contributed by atoms with E-state index >= 15 is 0 Å². The summed E-state index contributed by atoms with van der Waals surface area (Å²) in [6, 6.07) is 6.55. The number of hydrogen-bond donors (Lipinski definition) is 2. The topological polar surface area (TPSA) is 52.6 Å². The fraction of sp³-hybridized carbons (Fsp3) is 0.533. The summed E-state index contributed by atoms with van der Waals surface area (Å²) >= 11 is 1.70. The molecule has 0 aliphatic heterocycles. The Morgan fingerprint density at radius 1 is 1.32 bits per heavy atom. The van der Waals surface area contributed by atoms with Gasteiger partial charge >= 0.3 is 6.03 Å². The summed E-state index contributed by atoms with van der Waals surface area (Å²) in [5, 5.41) is 11.4. The molecule has 4 nitrogen and oxygen atoms in total. The van der Waals surface area contributed by atoms with Crippen LogP contribution in [0.4, 0.5) is 19.3 Å². The molecule has 0 aromatic heterocycles. The Hall–Kier alpha value is -1.34. The minimum absolute atomic E-state index is 0.0833. The highest BCUT2D eigenvalue weighted by molar-refractivity contribution is 8.00. The quantitative estimate of drug-likeness (QED) is 0.782. The van der Waals surface area contributed by atoms with Crippen LogP contribution in [0, 0.1) is 0 Å². The van der Waals surface area contributed by atoms with E-state index < -0.39 is 19.0 Å². The first-order valence-corrected chi connectivity index (χ1v) is 7.77. The lowest BCUT2D eigenvalue weighted by Crippen LogP contribution is -2.40. The number of carbonyl (C=O) groups is 1. The molecule has 0 radical (unpaired) electrons. The average Bonchev–Trinajstić information content (AvgIpc) is 2.38. The molecule has 0 spiro atoms. The first-order chi connectivity index (χ1) is 10.2. The SMILES string of the molecule is CC(C)(C)Sc1ccc(NC(=O)N(CCO)CC(F)F)cc1. The summed E-state index contributed by atoms with van der Waals surface area (Å²) in [5.41, 5.74) is 0.528. The Labute approximate surface area is 133 Å². The van der Waals surface area contributed by atoms with E-state index in [-0.39, 0.29) is 17.9 Å². The molecule has 0 aliphatic rings. The fourth-order valence-corrected chi connectivity index (χ4v) is 2.70. The van der Waals surface area contributed by atoms with Crippen LogP contribution in [-0.2, 0) is 0 Å². The molecule has 0 aliphatic carbocycles. The summed E-state index contributed by atoms with van der Waals surface area (Å²) in [5.74, 6) is 0. The number of anilines is 1. The van der Waals surface area contributed by atoms with Crippen molar-refractivity contribution in [1.82, 2.24) is 4.90 Å². The number of alkyl halides is 2. The molecule has 1 rings (SSSR count). The molecule has 0 heterocycles. The van der Waals surface area contributed by atoms with E-state index in [4.69, 9.17) is 5.11 Å². The first-order valence-electron chi connectivity index (χ1n) is 6.95. The second-order valence-corrected chi connectivity index (χ2v) is 7.63. The van der Waals surface area contributed by atoms with Gasteiger partial charge in [-0.3, -0.25) is 0 Å². The van der Waals surface area contributed by atoms with Crippen LogP contribution in [0.1, 0.15) is 20.8 Å². The summed E-state index contributed by atoms with van der Waals surface area (Å²) < 4.78 is 24.9. The molecule has 124 valence electrons. The Morgan fingerprint density at radius 3 is 2.36 bits per heavy atom. The highest BCUT2D eigenvalue weighted by atomic mass is 32.2. The normalized spacial score (nSPS) is 11.6. The maximum absolute atomic E-state index is 12.4. The number of thioether (sulfide) groups is 1. The average molecular weight is 332 g/mol. The smallest absolute Gasteiger partial charge is 0.322 e. The number of benzene rings is 1. The van der Waals surface area contributed by atoms with Crippen molar-refractivity contribution in [2.45, 2.75) is 36.8 Å². The number of aliphatic hydroxyl groups excluding tert-OH is 1. The van der Waals surface area contributed by atoms with Crippen LogP contribution >= 0.6 is 11.8 Å². The van der Waals surface area contributed by atoms with Crippen molar-refractivity contribution >= 4 is 23.5 Å². The zero-order chi connectivity index (χ0) is 16.8. The van der Waals surface area contributed by atoms with Gasteiger partial charge in [0.15, 0.2) is 0 Å². The molecular weight excluding hydrogens is 310 g/mol. The Kier molecular flexibility index (Phi) is 7.09. The van der Waals surface area contributed by atoms with Crippen LogP contribution < -0.4 is 5.32 Å². The molecule has 0 unspecified atom stereocenters. The van der Waals surface area contributed by atoms with Crippen molar-refractivity contribution < 1.29 is 18.7 Å². The number of nitrogens with zero attached hydrogens (tertiary/aromatic N) is 1. The van der Waals surface area contributed by atoms with E-state index in [2.05, 4.69) is 26.1 Å². The van der Waals surface area contributed by atoms with Gasteiger partial charge < -0.3 is 15.3 Å². The molecule has 0 fully saturated rings. The van der Waals surface area contributed by atoms with Gasteiger partial charge in [-0.05, 0) is 24.3 Å². The van der Waals surface area contributed by atoms with Crippen LogP contribution in [0.2, 0.25) is 0 Å². The van der Waals surface area contributed by atoms with Gasteiger partial charge in [0.2, 0.25) is 0 Å². The zero-order valence-electron chi connectivity index (χ0n) is 13.0. The van der Waals surface area contributed by atoms with Gasteiger partial charge in [0.1, 0.15) is 0 Å². The van der Waals surface area contributed by atoms with Crippen LogP contribution in [0.25, 0.3) is 0 Å². The van der Waals surface area contributed by atoms with Gasteiger partial charge in [0.25, 0.3) is 6.43 Å². The first kappa shape index (κ1) is 18.7. The van der Waals surface area contributed by atoms with Crippen molar-refractivity contribution in [3.8, 4) is 0 Å².